The molecule has 7 heteroatoms. The average Bonchev–Trinajstić information content (AvgIpc) is 2.78. The Morgan fingerprint density at radius 2 is 1.85 bits per heavy atom. The van der Waals surface area contributed by atoms with E-state index in [-0.39, 0.29) is 11.8 Å². The first kappa shape index (κ1) is 15.2. The maximum atomic E-state index is 12.2. The summed E-state index contributed by atoms with van der Waals surface area (Å²) in [7, 11) is 1.55. The third-order valence-corrected chi connectivity index (χ3v) is 5.77. The summed E-state index contributed by atoms with van der Waals surface area (Å²) in [6, 6.07) is 8.60. The number of carbonyl (C=O) groups excluding carboxylic acids is 2. The monoisotopic (exact) mass is 416 g/mol. The molecule has 2 aromatic rings. The first-order chi connectivity index (χ1) is 9.52. The van der Waals surface area contributed by atoms with Crippen LogP contribution in [0.15, 0.2) is 38.6 Å². The lowest BCUT2D eigenvalue weighted by Crippen LogP contribution is -2.21. The fourth-order valence-corrected chi connectivity index (χ4v) is 3.50. The molecule has 2 rings (SSSR count). The zero-order chi connectivity index (χ0) is 14.7. The van der Waals surface area contributed by atoms with Crippen LogP contribution in [0.4, 0.5) is 5.69 Å². The number of benzene rings is 1. The van der Waals surface area contributed by atoms with Crippen molar-refractivity contribution in [3.63, 3.8) is 0 Å². The van der Waals surface area contributed by atoms with Gasteiger partial charge in [0.1, 0.15) is 0 Å². The van der Waals surface area contributed by atoms with Crippen LogP contribution in [0, 0.1) is 0 Å². The number of anilines is 1. The summed E-state index contributed by atoms with van der Waals surface area (Å²) in [5, 5.41) is 5.30. The zero-order valence-corrected chi connectivity index (χ0v) is 14.4. The maximum absolute atomic E-state index is 12.2. The van der Waals surface area contributed by atoms with E-state index in [4.69, 9.17) is 0 Å². The molecule has 2 N–H and O–H groups in total. The fourth-order valence-electron chi connectivity index (χ4n) is 1.57. The molecule has 0 bridgehead atoms. The topological polar surface area (TPSA) is 58.2 Å². The van der Waals surface area contributed by atoms with Crippen molar-refractivity contribution < 1.29 is 9.59 Å². The molecule has 0 saturated carbocycles. The highest BCUT2D eigenvalue weighted by Gasteiger charge is 2.15. The molecule has 104 valence electrons. The number of rotatable bonds is 3. The molecule has 0 saturated heterocycles. The average molecular weight is 418 g/mol. The van der Waals surface area contributed by atoms with Crippen LogP contribution in [-0.4, -0.2) is 18.9 Å². The smallest absolute Gasteiger partial charge is 0.265 e. The Labute approximate surface area is 136 Å². The number of halogens is 2. The zero-order valence-electron chi connectivity index (χ0n) is 10.4. The Bertz CT molecular complexity index is 651. The van der Waals surface area contributed by atoms with Crippen LogP contribution >= 0.6 is 43.2 Å². The van der Waals surface area contributed by atoms with Crippen molar-refractivity contribution in [3.05, 3.63) is 49.0 Å². The van der Waals surface area contributed by atoms with Crippen LogP contribution in [0.2, 0.25) is 0 Å². The maximum Gasteiger partial charge on any atom is 0.265 e. The van der Waals surface area contributed by atoms with Gasteiger partial charge < -0.3 is 10.6 Å². The van der Waals surface area contributed by atoms with Crippen LogP contribution in [0.25, 0.3) is 0 Å². The second kappa shape index (κ2) is 6.51. The molecule has 0 aliphatic carbocycles. The van der Waals surface area contributed by atoms with Gasteiger partial charge in [0, 0.05) is 11.5 Å². The summed E-state index contributed by atoms with van der Waals surface area (Å²) in [6.07, 6.45) is 0. The molecule has 0 unspecified atom stereocenters. The van der Waals surface area contributed by atoms with Gasteiger partial charge in [-0.15, -0.1) is 11.3 Å². The highest BCUT2D eigenvalue weighted by Crippen LogP contribution is 2.32. The summed E-state index contributed by atoms with van der Waals surface area (Å²) in [4.78, 5) is 24.5. The molecule has 1 heterocycles. The van der Waals surface area contributed by atoms with E-state index in [1.165, 1.54) is 11.3 Å². The molecule has 4 nitrogen and oxygen atoms in total. The van der Waals surface area contributed by atoms with E-state index in [1.54, 1.807) is 37.4 Å². The van der Waals surface area contributed by atoms with Crippen LogP contribution in [0.3, 0.4) is 0 Å². The van der Waals surface area contributed by atoms with Crippen molar-refractivity contribution in [1.82, 2.24) is 5.32 Å². The Hall–Kier alpha value is -1.18. The lowest BCUT2D eigenvalue weighted by molar-refractivity contribution is 0.0964. The Morgan fingerprint density at radius 1 is 1.15 bits per heavy atom. The summed E-state index contributed by atoms with van der Waals surface area (Å²) in [5.74, 6) is -0.493. The standard InChI is InChI=1S/C13H10Br2N2O2S/c1-16-12(18)7-4-2-3-5-9(7)17-13(19)10-6-8(14)11(15)20-10/h2-6H,1H3,(H,16,18)(H,17,19). The van der Waals surface area contributed by atoms with Crippen molar-refractivity contribution in [2.45, 2.75) is 0 Å². The summed E-state index contributed by atoms with van der Waals surface area (Å²) in [5.41, 5.74) is 0.913. The van der Waals surface area contributed by atoms with Gasteiger partial charge >= 0.3 is 0 Å². The van der Waals surface area contributed by atoms with Crippen molar-refractivity contribution in [2.24, 2.45) is 0 Å². The van der Waals surface area contributed by atoms with Crippen molar-refractivity contribution in [1.29, 1.82) is 0 Å². The van der Waals surface area contributed by atoms with Gasteiger partial charge in [0.15, 0.2) is 0 Å². The van der Waals surface area contributed by atoms with Gasteiger partial charge in [-0.2, -0.15) is 0 Å². The van der Waals surface area contributed by atoms with Gasteiger partial charge in [-0.3, -0.25) is 9.59 Å². The predicted octanol–water partition coefficient (Wildman–Crippen LogP) is 3.89. The van der Waals surface area contributed by atoms with Gasteiger partial charge in [0.25, 0.3) is 11.8 Å². The lowest BCUT2D eigenvalue weighted by Gasteiger charge is -2.09. The first-order valence-electron chi connectivity index (χ1n) is 5.60. The summed E-state index contributed by atoms with van der Waals surface area (Å²) in [6.45, 7) is 0. The Morgan fingerprint density at radius 3 is 2.45 bits per heavy atom. The van der Waals surface area contributed by atoms with E-state index in [0.717, 1.165) is 8.26 Å². The number of hydrogen-bond acceptors (Lipinski definition) is 3. The third-order valence-electron chi connectivity index (χ3n) is 2.52. The number of nitrogens with one attached hydrogen (secondary N) is 2. The molecular formula is C13H10Br2N2O2S. The quantitative estimate of drug-likeness (QED) is 0.795. The van der Waals surface area contributed by atoms with E-state index >= 15 is 0 Å². The van der Waals surface area contributed by atoms with E-state index in [2.05, 4.69) is 42.5 Å². The first-order valence-corrected chi connectivity index (χ1v) is 8.00. The van der Waals surface area contributed by atoms with Crippen LogP contribution in [0.1, 0.15) is 20.0 Å². The Balaban J connectivity index is 2.26. The molecule has 0 radical (unpaired) electrons. The number of hydrogen-bond donors (Lipinski definition) is 2. The molecule has 2 amide bonds. The molecule has 1 aromatic carbocycles. The largest absolute Gasteiger partial charge is 0.355 e. The van der Waals surface area contributed by atoms with Crippen LogP contribution < -0.4 is 10.6 Å². The minimum absolute atomic E-state index is 0.241. The molecule has 0 spiro atoms. The van der Waals surface area contributed by atoms with Gasteiger partial charge in [-0.25, -0.2) is 0 Å². The summed E-state index contributed by atoms with van der Waals surface area (Å²) < 4.78 is 1.68. The lowest BCUT2D eigenvalue weighted by atomic mass is 10.1. The molecule has 20 heavy (non-hydrogen) atoms. The van der Waals surface area contributed by atoms with Gasteiger partial charge in [0.05, 0.1) is 19.9 Å². The van der Waals surface area contributed by atoms with E-state index in [0.29, 0.717) is 16.1 Å². The molecular weight excluding hydrogens is 408 g/mol. The fraction of sp³-hybridized carbons (Fsp3) is 0.0769. The third kappa shape index (κ3) is 3.28. The van der Waals surface area contributed by atoms with Gasteiger partial charge in [-0.05, 0) is 50.1 Å². The number of carbonyl (C=O) groups is 2. The Kier molecular flexibility index (Phi) is 4.95. The molecule has 0 aliphatic heterocycles. The number of thiophene rings is 1. The van der Waals surface area contributed by atoms with E-state index in [1.807, 2.05) is 0 Å². The highest BCUT2D eigenvalue weighted by molar-refractivity contribution is 9.13. The number of para-hydroxylation sites is 1. The minimum atomic E-state index is -0.252. The molecule has 0 fully saturated rings. The second-order valence-corrected chi connectivity index (χ2v) is 7.04. The van der Waals surface area contributed by atoms with E-state index in [9.17, 15) is 9.59 Å². The van der Waals surface area contributed by atoms with Gasteiger partial charge in [0.2, 0.25) is 0 Å². The SMILES string of the molecule is CNC(=O)c1ccccc1NC(=O)c1cc(Br)c(Br)s1. The van der Waals surface area contributed by atoms with Crippen molar-refractivity contribution >= 4 is 60.7 Å². The normalized spacial score (nSPS) is 10.2. The van der Waals surface area contributed by atoms with Gasteiger partial charge in [-0.1, -0.05) is 12.1 Å². The minimum Gasteiger partial charge on any atom is -0.355 e. The summed E-state index contributed by atoms with van der Waals surface area (Å²) >= 11 is 8.00. The predicted molar refractivity (Wildman–Crippen MR) is 87.5 cm³/mol. The molecule has 0 atom stereocenters. The van der Waals surface area contributed by atoms with Crippen molar-refractivity contribution in [3.8, 4) is 0 Å². The second-order valence-electron chi connectivity index (χ2n) is 3.81. The van der Waals surface area contributed by atoms with Crippen LogP contribution in [-0.2, 0) is 0 Å². The van der Waals surface area contributed by atoms with Crippen LogP contribution in [0.5, 0.6) is 0 Å². The molecule has 1 aromatic heterocycles. The number of amides is 2. The van der Waals surface area contributed by atoms with E-state index < -0.39 is 0 Å². The highest BCUT2D eigenvalue weighted by atomic mass is 79.9. The molecule has 0 aliphatic rings. The van der Waals surface area contributed by atoms with Crippen molar-refractivity contribution in [2.75, 3.05) is 12.4 Å².